The number of nitrogens with one attached hydrogen (secondary N) is 1. The Morgan fingerprint density at radius 3 is 2.50 bits per heavy atom. The smallest absolute Gasteiger partial charge is 0.0455 e. The van der Waals surface area contributed by atoms with E-state index in [0.29, 0.717) is 0 Å². The van der Waals surface area contributed by atoms with Crippen LogP contribution in [0.5, 0.6) is 0 Å². The molecule has 3 rings (SSSR count). The summed E-state index contributed by atoms with van der Waals surface area (Å²) in [6, 6.07) is 13.0. The fraction of sp³-hybridized carbons (Fsp3) is 0.500. The van der Waals surface area contributed by atoms with Gasteiger partial charge in [-0.1, -0.05) is 37.5 Å². The molecule has 1 saturated carbocycles. The van der Waals surface area contributed by atoms with Gasteiger partial charge < -0.3 is 9.88 Å². The zero-order chi connectivity index (χ0) is 15.4. The fourth-order valence-corrected chi connectivity index (χ4v) is 3.78. The van der Waals surface area contributed by atoms with Crippen LogP contribution in [0.4, 0.5) is 0 Å². The zero-order valence-corrected chi connectivity index (χ0v) is 13.9. The predicted octanol–water partition coefficient (Wildman–Crippen LogP) is 4.76. The van der Waals surface area contributed by atoms with Gasteiger partial charge in [0.2, 0.25) is 0 Å². The molecule has 0 saturated heterocycles. The van der Waals surface area contributed by atoms with Gasteiger partial charge in [-0.15, -0.1) is 0 Å². The maximum Gasteiger partial charge on any atom is 0.0455 e. The summed E-state index contributed by atoms with van der Waals surface area (Å²) < 4.78 is 2.36. The first kappa shape index (κ1) is 15.4. The van der Waals surface area contributed by atoms with E-state index in [1.54, 1.807) is 0 Å². The van der Waals surface area contributed by atoms with E-state index >= 15 is 0 Å². The molecule has 0 bridgehead atoms. The Morgan fingerprint density at radius 2 is 1.77 bits per heavy atom. The van der Waals surface area contributed by atoms with Crippen molar-refractivity contribution in [2.45, 2.75) is 52.5 Å². The minimum atomic E-state index is 0.895. The van der Waals surface area contributed by atoms with Gasteiger partial charge in [0.15, 0.2) is 0 Å². The Balaban J connectivity index is 1.65. The number of nitrogens with zero attached hydrogens (tertiary/aromatic N) is 1. The molecule has 1 fully saturated rings. The number of aromatic nitrogens is 1. The Kier molecular flexibility index (Phi) is 4.99. The third-order valence-corrected chi connectivity index (χ3v) is 5.02. The molecule has 1 aliphatic rings. The molecule has 0 radical (unpaired) electrons. The van der Waals surface area contributed by atoms with Crippen LogP contribution in [-0.2, 0) is 6.54 Å². The van der Waals surface area contributed by atoms with Crippen molar-refractivity contribution in [3.63, 3.8) is 0 Å². The summed E-state index contributed by atoms with van der Waals surface area (Å²) in [5.41, 5.74) is 5.37. The number of benzene rings is 1. The minimum absolute atomic E-state index is 0.895. The predicted molar refractivity (Wildman–Crippen MR) is 93.5 cm³/mol. The molecule has 1 heterocycles. The molecule has 0 atom stereocenters. The van der Waals surface area contributed by atoms with Crippen LogP contribution in [0.15, 0.2) is 36.4 Å². The molecule has 1 N–H and O–H groups in total. The standard InChI is InChI=1S/C20H28N2/c1-16-13-19(15-21-14-18-9-5-3-6-10-18)17(2)22(16)20-11-7-4-8-12-20/h4,7-8,11-13,18,21H,3,5-6,9-10,14-15H2,1-2H3. The highest BCUT2D eigenvalue weighted by Crippen LogP contribution is 2.24. The van der Waals surface area contributed by atoms with Crippen LogP contribution in [0.1, 0.15) is 49.1 Å². The van der Waals surface area contributed by atoms with Crippen molar-refractivity contribution in [1.29, 1.82) is 0 Å². The van der Waals surface area contributed by atoms with E-state index in [0.717, 1.165) is 12.5 Å². The average molecular weight is 296 g/mol. The number of para-hydroxylation sites is 1. The van der Waals surface area contributed by atoms with Crippen LogP contribution < -0.4 is 5.32 Å². The first-order chi connectivity index (χ1) is 10.8. The summed E-state index contributed by atoms with van der Waals surface area (Å²) in [6.07, 6.45) is 7.12. The van der Waals surface area contributed by atoms with E-state index in [1.807, 2.05) is 0 Å². The van der Waals surface area contributed by atoms with E-state index in [1.165, 1.54) is 61.3 Å². The maximum absolute atomic E-state index is 3.69. The summed E-state index contributed by atoms with van der Waals surface area (Å²) in [5, 5.41) is 3.69. The summed E-state index contributed by atoms with van der Waals surface area (Å²) in [7, 11) is 0. The second-order valence-corrected chi connectivity index (χ2v) is 6.70. The lowest BCUT2D eigenvalue weighted by Gasteiger charge is -2.21. The number of rotatable bonds is 5. The molecule has 22 heavy (non-hydrogen) atoms. The summed E-state index contributed by atoms with van der Waals surface area (Å²) >= 11 is 0. The molecule has 1 aromatic heterocycles. The zero-order valence-electron chi connectivity index (χ0n) is 13.9. The van der Waals surface area contributed by atoms with Gasteiger partial charge in [-0.05, 0) is 62.9 Å². The third kappa shape index (κ3) is 3.44. The third-order valence-electron chi connectivity index (χ3n) is 5.02. The highest BCUT2D eigenvalue weighted by molar-refractivity contribution is 5.40. The van der Waals surface area contributed by atoms with Crippen molar-refractivity contribution in [3.8, 4) is 5.69 Å². The molecule has 0 amide bonds. The number of hydrogen-bond acceptors (Lipinski definition) is 1. The first-order valence-corrected chi connectivity index (χ1v) is 8.69. The Hall–Kier alpha value is -1.54. The first-order valence-electron chi connectivity index (χ1n) is 8.69. The van der Waals surface area contributed by atoms with Gasteiger partial charge in [-0.25, -0.2) is 0 Å². The van der Waals surface area contributed by atoms with Gasteiger partial charge in [-0.2, -0.15) is 0 Å². The van der Waals surface area contributed by atoms with Gasteiger partial charge >= 0.3 is 0 Å². The lowest BCUT2D eigenvalue weighted by atomic mass is 9.89. The van der Waals surface area contributed by atoms with Crippen molar-refractivity contribution < 1.29 is 0 Å². The summed E-state index contributed by atoms with van der Waals surface area (Å²) in [6.45, 7) is 6.60. The number of hydrogen-bond donors (Lipinski definition) is 1. The van der Waals surface area contributed by atoms with Crippen molar-refractivity contribution in [3.05, 3.63) is 53.3 Å². The fourth-order valence-electron chi connectivity index (χ4n) is 3.78. The van der Waals surface area contributed by atoms with E-state index in [4.69, 9.17) is 0 Å². The van der Waals surface area contributed by atoms with Crippen LogP contribution in [-0.4, -0.2) is 11.1 Å². The molecule has 0 spiro atoms. The highest BCUT2D eigenvalue weighted by Gasteiger charge is 2.14. The Labute approximate surface area is 134 Å². The molecule has 2 heteroatoms. The topological polar surface area (TPSA) is 17.0 Å². The SMILES string of the molecule is Cc1cc(CNCC2CCCCC2)c(C)n1-c1ccccc1. The normalized spacial score (nSPS) is 16.1. The van der Waals surface area contributed by atoms with Crippen LogP contribution in [0.25, 0.3) is 5.69 Å². The van der Waals surface area contributed by atoms with E-state index in [-0.39, 0.29) is 0 Å². The quantitative estimate of drug-likeness (QED) is 0.841. The van der Waals surface area contributed by atoms with Gasteiger partial charge in [0, 0.05) is 23.6 Å². The lowest BCUT2D eigenvalue weighted by molar-refractivity contribution is 0.342. The molecular weight excluding hydrogens is 268 g/mol. The van der Waals surface area contributed by atoms with Crippen LogP contribution in [0.2, 0.25) is 0 Å². The largest absolute Gasteiger partial charge is 0.318 e. The summed E-state index contributed by atoms with van der Waals surface area (Å²) in [5.74, 6) is 0.895. The maximum atomic E-state index is 3.69. The second kappa shape index (κ2) is 7.15. The van der Waals surface area contributed by atoms with E-state index < -0.39 is 0 Å². The Bertz CT molecular complexity index is 592. The highest BCUT2D eigenvalue weighted by atomic mass is 15.0. The van der Waals surface area contributed by atoms with Crippen LogP contribution >= 0.6 is 0 Å². The summed E-state index contributed by atoms with van der Waals surface area (Å²) in [4.78, 5) is 0. The van der Waals surface area contributed by atoms with Gasteiger partial charge in [0.05, 0.1) is 0 Å². The van der Waals surface area contributed by atoms with E-state index in [2.05, 4.69) is 60.1 Å². The Morgan fingerprint density at radius 1 is 1.05 bits per heavy atom. The molecular formula is C20H28N2. The van der Waals surface area contributed by atoms with Crippen molar-refractivity contribution >= 4 is 0 Å². The monoisotopic (exact) mass is 296 g/mol. The average Bonchev–Trinajstić information content (AvgIpc) is 2.83. The lowest BCUT2D eigenvalue weighted by Crippen LogP contribution is -2.24. The molecule has 2 aromatic rings. The molecule has 0 aliphatic heterocycles. The number of aryl methyl sites for hydroxylation is 1. The molecule has 0 unspecified atom stereocenters. The van der Waals surface area contributed by atoms with Gasteiger partial charge in [0.1, 0.15) is 0 Å². The second-order valence-electron chi connectivity index (χ2n) is 6.70. The van der Waals surface area contributed by atoms with Crippen molar-refractivity contribution in [2.24, 2.45) is 5.92 Å². The van der Waals surface area contributed by atoms with Gasteiger partial charge in [-0.3, -0.25) is 0 Å². The van der Waals surface area contributed by atoms with Gasteiger partial charge in [0.25, 0.3) is 0 Å². The van der Waals surface area contributed by atoms with Crippen molar-refractivity contribution in [2.75, 3.05) is 6.54 Å². The minimum Gasteiger partial charge on any atom is -0.318 e. The molecule has 1 aliphatic carbocycles. The molecule has 2 nitrogen and oxygen atoms in total. The molecule has 118 valence electrons. The molecule has 1 aromatic carbocycles. The van der Waals surface area contributed by atoms with E-state index in [9.17, 15) is 0 Å². The van der Waals surface area contributed by atoms with Crippen molar-refractivity contribution in [1.82, 2.24) is 9.88 Å². The van der Waals surface area contributed by atoms with Crippen LogP contribution in [0, 0.1) is 19.8 Å². The van der Waals surface area contributed by atoms with Crippen LogP contribution in [0.3, 0.4) is 0 Å².